The van der Waals surface area contributed by atoms with E-state index in [1.165, 1.54) is 62.8 Å². The fourth-order valence-electron chi connectivity index (χ4n) is 5.14. The Morgan fingerprint density at radius 3 is 0.900 bits per heavy atom. The van der Waals surface area contributed by atoms with Crippen LogP contribution in [0.3, 0.4) is 0 Å². The summed E-state index contributed by atoms with van der Waals surface area (Å²) in [7, 11) is -4.72. The molecule has 0 N–H and O–H groups in total. The van der Waals surface area contributed by atoms with E-state index < -0.39 is 19.7 Å². The van der Waals surface area contributed by atoms with Crippen molar-refractivity contribution in [1.29, 1.82) is 0 Å². The van der Waals surface area contributed by atoms with Crippen LogP contribution in [0, 0.1) is 0 Å². The van der Waals surface area contributed by atoms with Crippen LogP contribution in [0.2, 0.25) is 0 Å². The van der Waals surface area contributed by atoms with Gasteiger partial charge < -0.3 is 28.4 Å². The SMILES string of the molecule is COc1cc2ccc1Oc1ccc(cc1)S(=O)(=O)c1ccc(cc1)Oc1ccc(c(OC)c1)Oc1ccc(cc1)S(=O)(=O)c1ccc(cc1)O2. The normalized spacial score (nSPS) is 14.3. The lowest BCUT2D eigenvalue weighted by molar-refractivity contribution is 0.374. The smallest absolute Gasteiger partial charge is 0.206 e. The zero-order valence-corrected chi connectivity index (χ0v) is 28.2. The van der Waals surface area contributed by atoms with E-state index in [0.29, 0.717) is 57.5 Å². The second-order valence-corrected chi connectivity index (χ2v) is 14.8. The molecule has 252 valence electrons. The molecular weight excluding hydrogens is 681 g/mol. The number of rotatable bonds is 2. The molecule has 12 bridgehead atoms. The van der Waals surface area contributed by atoms with Crippen molar-refractivity contribution in [3.05, 3.63) is 133 Å². The molecule has 16 heterocycles. The maximum absolute atomic E-state index is 13.4. The Balaban J connectivity index is 1.25. The summed E-state index contributed by atoms with van der Waals surface area (Å²) in [6, 6.07) is 34.1. The summed E-state index contributed by atoms with van der Waals surface area (Å²) >= 11 is 0. The van der Waals surface area contributed by atoms with Crippen molar-refractivity contribution in [3.8, 4) is 57.5 Å². The van der Waals surface area contributed by atoms with Gasteiger partial charge in [0.05, 0.1) is 33.8 Å². The van der Waals surface area contributed by atoms with Crippen molar-refractivity contribution >= 4 is 19.7 Å². The Hall–Kier alpha value is -5.98. The molecule has 0 saturated heterocycles. The van der Waals surface area contributed by atoms with E-state index in [9.17, 15) is 16.8 Å². The maximum atomic E-state index is 13.4. The van der Waals surface area contributed by atoms with Gasteiger partial charge in [-0.1, -0.05) is 0 Å². The summed E-state index contributed by atoms with van der Waals surface area (Å²) in [5.41, 5.74) is 0. The van der Waals surface area contributed by atoms with E-state index in [1.54, 1.807) is 84.9 Å². The van der Waals surface area contributed by atoms with Crippen LogP contribution in [-0.2, 0) is 19.7 Å². The van der Waals surface area contributed by atoms with Gasteiger partial charge in [-0.05, 0) is 121 Å². The van der Waals surface area contributed by atoms with E-state index in [0.717, 1.165) is 0 Å². The second-order valence-electron chi connectivity index (χ2n) is 10.9. The summed E-state index contributed by atoms with van der Waals surface area (Å²) in [4.78, 5) is 0.348. The van der Waals surface area contributed by atoms with Crippen molar-refractivity contribution in [2.75, 3.05) is 14.2 Å². The van der Waals surface area contributed by atoms with Crippen molar-refractivity contribution in [2.24, 2.45) is 0 Å². The van der Waals surface area contributed by atoms with Crippen LogP contribution in [0.4, 0.5) is 0 Å². The molecular formula is C38H28O10S2. The molecule has 0 aliphatic carbocycles. The first kappa shape index (κ1) is 32.6. The van der Waals surface area contributed by atoms with Gasteiger partial charge in [-0.3, -0.25) is 0 Å². The van der Waals surface area contributed by atoms with E-state index in [-0.39, 0.29) is 19.6 Å². The Bertz CT molecular complexity index is 2220. The summed E-state index contributed by atoms with van der Waals surface area (Å²) in [5.74, 6) is 3.89. The third kappa shape index (κ3) is 6.53. The standard InChI is InChI=1S/C38H28O10S2/c1-43-37-23-29-11-21-35(37)47-27-7-17-33(18-8-27)49(39,40)32-15-5-26(6-16-32)46-30-12-22-36(38(24-30)44-2)48-28-9-19-34(20-10-28)50(41,42)31-13-3-25(45-29)4-14-31/h3-24H,1-2H3. The Morgan fingerprint density at radius 2 is 0.620 bits per heavy atom. The van der Waals surface area contributed by atoms with Gasteiger partial charge in [0.25, 0.3) is 0 Å². The third-order valence-corrected chi connectivity index (χ3v) is 11.3. The summed E-state index contributed by atoms with van der Waals surface area (Å²) < 4.78 is 88.6. The lowest BCUT2D eigenvalue weighted by atomic mass is 10.3. The molecule has 10 nitrogen and oxygen atoms in total. The fourth-order valence-corrected chi connectivity index (χ4v) is 7.66. The van der Waals surface area contributed by atoms with Crippen LogP contribution < -0.4 is 28.4 Å². The highest BCUT2D eigenvalue weighted by Crippen LogP contribution is 2.39. The van der Waals surface area contributed by atoms with Crippen LogP contribution in [0.5, 0.6) is 57.5 Å². The molecule has 16 aliphatic rings. The molecule has 0 fully saturated rings. The zero-order chi connectivity index (χ0) is 34.9. The van der Waals surface area contributed by atoms with Gasteiger partial charge in [-0.25, -0.2) is 16.8 Å². The largest absolute Gasteiger partial charge is 0.493 e. The molecule has 22 rings (SSSR count). The predicted molar refractivity (Wildman–Crippen MR) is 183 cm³/mol. The first-order valence-corrected chi connectivity index (χ1v) is 18.1. The highest BCUT2D eigenvalue weighted by molar-refractivity contribution is 7.91. The highest BCUT2D eigenvalue weighted by Gasteiger charge is 2.20. The fraction of sp³-hybridized carbons (Fsp3) is 0.0526. The first-order chi connectivity index (χ1) is 24.1. The van der Waals surface area contributed by atoms with E-state index >= 15 is 0 Å². The molecule has 0 unspecified atom stereocenters. The van der Waals surface area contributed by atoms with Gasteiger partial charge in [-0.2, -0.15) is 0 Å². The molecule has 0 amide bonds. The second kappa shape index (κ2) is 13.1. The minimum absolute atomic E-state index is 0.0858. The summed E-state index contributed by atoms with van der Waals surface area (Å²) in [5, 5.41) is 0. The number of ether oxygens (including phenoxy) is 6. The van der Waals surface area contributed by atoms with Gasteiger partial charge >= 0.3 is 0 Å². The third-order valence-electron chi connectivity index (χ3n) is 7.73. The van der Waals surface area contributed by atoms with Crippen molar-refractivity contribution in [1.82, 2.24) is 0 Å². The van der Waals surface area contributed by atoms with Crippen LogP contribution >= 0.6 is 0 Å². The molecule has 6 aromatic rings. The Kier molecular flexibility index (Phi) is 8.56. The van der Waals surface area contributed by atoms with Gasteiger partial charge in [0.2, 0.25) is 19.7 Å². The predicted octanol–water partition coefficient (Wildman–Crippen LogP) is 8.85. The Labute approximate surface area is 288 Å². The van der Waals surface area contributed by atoms with Crippen molar-refractivity contribution in [3.63, 3.8) is 0 Å². The van der Waals surface area contributed by atoms with Crippen LogP contribution in [0.25, 0.3) is 0 Å². The minimum Gasteiger partial charge on any atom is -0.493 e. The van der Waals surface area contributed by atoms with Crippen LogP contribution in [0.15, 0.2) is 153 Å². The molecule has 12 heteroatoms. The van der Waals surface area contributed by atoms with Gasteiger partial charge in [-0.15, -0.1) is 0 Å². The molecule has 0 aromatic heterocycles. The molecule has 50 heavy (non-hydrogen) atoms. The number of hydrogen-bond donors (Lipinski definition) is 0. The minimum atomic E-state index is -3.84. The topological polar surface area (TPSA) is 124 Å². The molecule has 0 saturated carbocycles. The van der Waals surface area contributed by atoms with Gasteiger partial charge in [0.1, 0.15) is 34.5 Å². The zero-order valence-electron chi connectivity index (χ0n) is 26.6. The number of hydrogen-bond acceptors (Lipinski definition) is 10. The average Bonchev–Trinajstić information content (AvgIpc) is 3.13. The van der Waals surface area contributed by atoms with Crippen molar-refractivity contribution < 1.29 is 45.3 Å². The highest BCUT2D eigenvalue weighted by atomic mass is 32.2. The molecule has 0 atom stereocenters. The van der Waals surface area contributed by atoms with Gasteiger partial charge in [0, 0.05) is 12.1 Å². The van der Waals surface area contributed by atoms with Gasteiger partial charge in [0.15, 0.2) is 23.0 Å². The molecule has 0 spiro atoms. The van der Waals surface area contributed by atoms with Crippen LogP contribution in [0.1, 0.15) is 0 Å². The first-order valence-electron chi connectivity index (χ1n) is 15.1. The average molecular weight is 709 g/mol. The number of sulfone groups is 2. The van der Waals surface area contributed by atoms with Crippen LogP contribution in [-0.4, -0.2) is 31.1 Å². The van der Waals surface area contributed by atoms with E-state index in [4.69, 9.17) is 28.4 Å². The Morgan fingerprint density at radius 1 is 0.360 bits per heavy atom. The lowest BCUT2D eigenvalue weighted by Crippen LogP contribution is -2.02. The molecule has 6 aromatic carbocycles. The summed E-state index contributed by atoms with van der Waals surface area (Å²) in [6.07, 6.45) is 0. The molecule has 16 aliphatic heterocycles. The summed E-state index contributed by atoms with van der Waals surface area (Å²) in [6.45, 7) is 0. The van der Waals surface area contributed by atoms with Crippen molar-refractivity contribution in [2.45, 2.75) is 19.6 Å². The molecule has 0 radical (unpaired) electrons. The number of benzene rings is 6. The quantitative estimate of drug-likeness (QED) is 0.172. The lowest BCUT2D eigenvalue weighted by Gasteiger charge is -2.14. The van der Waals surface area contributed by atoms with E-state index in [1.807, 2.05) is 0 Å². The monoisotopic (exact) mass is 708 g/mol. The van der Waals surface area contributed by atoms with E-state index in [2.05, 4.69) is 0 Å². The maximum Gasteiger partial charge on any atom is 0.206 e. The number of methoxy groups -OCH3 is 2.